The lowest BCUT2D eigenvalue weighted by atomic mass is 9.75. The van der Waals surface area contributed by atoms with Gasteiger partial charge in [0.15, 0.2) is 0 Å². The fourth-order valence-corrected chi connectivity index (χ4v) is 3.15. The van der Waals surface area contributed by atoms with Gasteiger partial charge < -0.3 is 10.6 Å². The van der Waals surface area contributed by atoms with E-state index >= 15 is 0 Å². The number of carbonyl (C=O) groups excluding carboxylic acids is 1. The van der Waals surface area contributed by atoms with Crippen LogP contribution in [0.5, 0.6) is 0 Å². The number of hydrogen-bond donors (Lipinski definition) is 2. The Bertz CT molecular complexity index is 272. The second-order valence-corrected chi connectivity index (χ2v) is 6.84. The van der Waals surface area contributed by atoms with Crippen LogP contribution in [0, 0.1) is 5.41 Å². The molecule has 18 heavy (non-hydrogen) atoms. The van der Waals surface area contributed by atoms with E-state index in [1.807, 2.05) is 0 Å². The molecule has 2 N–H and O–H groups in total. The normalized spacial score (nSPS) is 28.2. The van der Waals surface area contributed by atoms with Crippen LogP contribution < -0.4 is 10.6 Å². The van der Waals surface area contributed by atoms with Crippen LogP contribution in [0.3, 0.4) is 0 Å². The second-order valence-electron chi connectivity index (χ2n) is 6.84. The van der Waals surface area contributed by atoms with Crippen molar-refractivity contribution in [1.82, 2.24) is 10.6 Å². The van der Waals surface area contributed by atoms with Crippen molar-refractivity contribution in [1.29, 1.82) is 0 Å². The van der Waals surface area contributed by atoms with E-state index in [0.717, 1.165) is 25.8 Å². The molecule has 0 radical (unpaired) electrons. The highest BCUT2D eigenvalue weighted by molar-refractivity contribution is 5.76. The van der Waals surface area contributed by atoms with E-state index in [0.29, 0.717) is 23.9 Å². The molecule has 1 heterocycles. The summed E-state index contributed by atoms with van der Waals surface area (Å²) >= 11 is 0. The van der Waals surface area contributed by atoms with Crippen molar-refractivity contribution >= 4 is 5.91 Å². The molecular formula is C15H28N2O. The third-order valence-corrected chi connectivity index (χ3v) is 4.59. The minimum atomic E-state index is 0.258. The van der Waals surface area contributed by atoms with Crippen LogP contribution in [0.1, 0.15) is 65.2 Å². The first-order valence-corrected chi connectivity index (χ1v) is 7.58. The molecule has 1 saturated heterocycles. The van der Waals surface area contributed by atoms with E-state index < -0.39 is 0 Å². The van der Waals surface area contributed by atoms with Gasteiger partial charge in [0, 0.05) is 18.5 Å². The van der Waals surface area contributed by atoms with Crippen molar-refractivity contribution in [2.24, 2.45) is 5.41 Å². The summed E-state index contributed by atoms with van der Waals surface area (Å²) in [4.78, 5) is 11.9. The summed E-state index contributed by atoms with van der Waals surface area (Å²) < 4.78 is 0. The van der Waals surface area contributed by atoms with Crippen LogP contribution in [0.15, 0.2) is 0 Å². The Labute approximate surface area is 111 Å². The van der Waals surface area contributed by atoms with Gasteiger partial charge in [0.2, 0.25) is 5.91 Å². The molecule has 2 aliphatic rings. The number of carbonyl (C=O) groups is 1. The molecular weight excluding hydrogens is 224 g/mol. The Hall–Kier alpha value is -0.570. The number of hydrogen-bond acceptors (Lipinski definition) is 2. The molecule has 1 amide bonds. The molecule has 0 aromatic heterocycles. The zero-order valence-corrected chi connectivity index (χ0v) is 11.9. The van der Waals surface area contributed by atoms with E-state index in [1.165, 1.54) is 25.7 Å². The molecule has 3 nitrogen and oxygen atoms in total. The van der Waals surface area contributed by atoms with Gasteiger partial charge in [-0.15, -0.1) is 0 Å². The lowest BCUT2D eigenvalue weighted by Crippen LogP contribution is -2.39. The van der Waals surface area contributed by atoms with Crippen LogP contribution in [0.4, 0.5) is 0 Å². The monoisotopic (exact) mass is 252 g/mol. The highest BCUT2D eigenvalue weighted by Gasteiger charge is 2.27. The van der Waals surface area contributed by atoms with E-state index in [9.17, 15) is 4.79 Å². The predicted octanol–water partition coefficient (Wildman–Crippen LogP) is 2.60. The summed E-state index contributed by atoms with van der Waals surface area (Å²) in [5.41, 5.74) is 0.481. The van der Waals surface area contributed by atoms with Gasteiger partial charge in [-0.1, -0.05) is 13.8 Å². The first-order valence-electron chi connectivity index (χ1n) is 7.58. The summed E-state index contributed by atoms with van der Waals surface area (Å²) in [6, 6.07) is 1.02. The van der Waals surface area contributed by atoms with Crippen molar-refractivity contribution in [3.8, 4) is 0 Å². The van der Waals surface area contributed by atoms with Crippen LogP contribution in [-0.4, -0.2) is 24.5 Å². The van der Waals surface area contributed by atoms with Crippen LogP contribution in [0.25, 0.3) is 0 Å². The Balaban J connectivity index is 1.62. The van der Waals surface area contributed by atoms with E-state index in [2.05, 4.69) is 24.5 Å². The molecule has 1 unspecified atom stereocenters. The van der Waals surface area contributed by atoms with Crippen LogP contribution in [-0.2, 0) is 4.79 Å². The average Bonchev–Trinajstić information content (AvgIpc) is 2.82. The summed E-state index contributed by atoms with van der Waals surface area (Å²) in [5, 5.41) is 6.66. The van der Waals surface area contributed by atoms with Gasteiger partial charge in [-0.25, -0.2) is 0 Å². The lowest BCUT2D eigenvalue weighted by Gasteiger charge is -2.34. The van der Waals surface area contributed by atoms with E-state index in [4.69, 9.17) is 0 Å². The van der Waals surface area contributed by atoms with Gasteiger partial charge in [0.1, 0.15) is 0 Å². The van der Waals surface area contributed by atoms with Gasteiger partial charge >= 0.3 is 0 Å². The second kappa shape index (κ2) is 6.05. The summed E-state index contributed by atoms with van der Waals surface area (Å²) in [6.45, 7) is 5.79. The maximum atomic E-state index is 11.9. The molecule has 2 fully saturated rings. The van der Waals surface area contributed by atoms with E-state index in [1.54, 1.807) is 0 Å². The highest BCUT2D eigenvalue weighted by Crippen LogP contribution is 2.34. The Morgan fingerprint density at radius 2 is 2.00 bits per heavy atom. The van der Waals surface area contributed by atoms with Crippen LogP contribution in [0.2, 0.25) is 0 Å². The average molecular weight is 252 g/mol. The Kier molecular flexibility index (Phi) is 4.66. The first kappa shape index (κ1) is 13.9. The van der Waals surface area contributed by atoms with Gasteiger partial charge in [0.05, 0.1) is 0 Å². The zero-order chi connectivity index (χ0) is 13.0. The molecule has 104 valence electrons. The molecule has 3 heteroatoms. The highest BCUT2D eigenvalue weighted by atomic mass is 16.1. The van der Waals surface area contributed by atoms with Gasteiger partial charge in [-0.3, -0.25) is 4.79 Å². The van der Waals surface area contributed by atoms with Crippen molar-refractivity contribution in [3.05, 3.63) is 0 Å². The summed E-state index contributed by atoms with van der Waals surface area (Å²) in [7, 11) is 0. The minimum absolute atomic E-state index is 0.258. The van der Waals surface area contributed by atoms with Gasteiger partial charge in [0.25, 0.3) is 0 Å². The molecule has 1 saturated carbocycles. The Morgan fingerprint density at radius 1 is 1.28 bits per heavy atom. The number of amides is 1. The van der Waals surface area contributed by atoms with Gasteiger partial charge in [-0.05, 0) is 56.9 Å². The number of rotatable bonds is 4. The number of nitrogens with one attached hydrogen (secondary N) is 2. The molecule has 1 aliphatic carbocycles. The largest absolute Gasteiger partial charge is 0.353 e. The molecule has 1 aliphatic heterocycles. The lowest BCUT2D eigenvalue weighted by molar-refractivity contribution is -0.122. The van der Waals surface area contributed by atoms with Crippen molar-refractivity contribution < 1.29 is 4.79 Å². The molecule has 0 bridgehead atoms. The topological polar surface area (TPSA) is 41.1 Å². The first-order chi connectivity index (χ1) is 8.55. The van der Waals surface area contributed by atoms with Crippen molar-refractivity contribution in [3.63, 3.8) is 0 Å². The van der Waals surface area contributed by atoms with E-state index in [-0.39, 0.29) is 5.91 Å². The standard InChI is InChI=1S/C15H28N2O/c1-15(2)9-7-13(8-10-15)17-14(18)6-5-12-4-3-11-16-12/h12-13,16H,3-11H2,1-2H3,(H,17,18). The molecule has 1 atom stereocenters. The van der Waals surface area contributed by atoms with Crippen LogP contribution >= 0.6 is 0 Å². The van der Waals surface area contributed by atoms with Crippen molar-refractivity contribution in [2.75, 3.05) is 6.54 Å². The summed E-state index contributed by atoms with van der Waals surface area (Å²) in [6.07, 6.45) is 8.99. The maximum absolute atomic E-state index is 11.9. The predicted molar refractivity (Wildman–Crippen MR) is 74.4 cm³/mol. The third-order valence-electron chi connectivity index (χ3n) is 4.59. The third kappa shape index (κ3) is 4.27. The fraction of sp³-hybridized carbons (Fsp3) is 0.933. The quantitative estimate of drug-likeness (QED) is 0.807. The summed E-state index contributed by atoms with van der Waals surface area (Å²) in [5.74, 6) is 0.258. The van der Waals surface area contributed by atoms with Crippen molar-refractivity contribution in [2.45, 2.75) is 77.3 Å². The molecule has 0 aromatic carbocycles. The smallest absolute Gasteiger partial charge is 0.220 e. The minimum Gasteiger partial charge on any atom is -0.353 e. The Morgan fingerprint density at radius 3 is 2.61 bits per heavy atom. The molecule has 0 spiro atoms. The SMILES string of the molecule is CC1(C)CCC(NC(=O)CCC2CCCN2)CC1. The zero-order valence-electron chi connectivity index (χ0n) is 11.9. The van der Waals surface area contributed by atoms with Gasteiger partial charge in [-0.2, -0.15) is 0 Å². The molecule has 0 aromatic rings. The maximum Gasteiger partial charge on any atom is 0.220 e. The fourth-order valence-electron chi connectivity index (χ4n) is 3.15. The molecule has 2 rings (SSSR count).